The van der Waals surface area contributed by atoms with Crippen LogP contribution >= 0.6 is 23.4 Å². The summed E-state index contributed by atoms with van der Waals surface area (Å²) in [4.78, 5) is 24.2. The smallest absolute Gasteiger partial charge is 0.234 e. The lowest BCUT2D eigenvalue weighted by Gasteiger charge is -2.06. The van der Waals surface area contributed by atoms with Crippen LogP contribution in [0.15, 0.2) is 53.7 Å². The highest BCUT2D eigenvalue weighted by Crippen LogP contribution is 2.18. The summed E-state index contributed by atoms with van der Waals surface area (Å²) in [5.74, 6) is -0.292. The zero-order valence-corrected chi connectivity index (χ0v) is 16.9. The molecular formula is C19H17ClFN5O2S. The molecule has 0 saturated carbocycles. The van der Waals surface area contributed by atoms with Gasteiger partial charge in [0.1, 0.15) is 11.6 Å². The summed E-state index contributed by atoms with van der Waals surface area (Å²) in [6.07, 6.45) is -0.00158. The van der Waals surface area contributed by atoms with E-state index in [0.717, 1.165) is 0 Å². The molecule has 0 unspecified atom stereocenters. The van der Waals surface area contributed by atoms with Crippen molar-refractivity contribution in [2.45, 2.75) is 11.6 Å². The molecule has 3 aromatic rings. The normalized spacial score (nSPS) is 10.6. The Labute approximate surface area is 175 Å². The monoisotopic (exact) mass is 433 g/mol. The number of nitrogens with one attached hydrogen (secondary N) is 2. The molecule has 0 aliphatic heterocycles. The number of benzene rings is 2. The van der Waals surface area contributed by atoms with Crippen molar-refractivity contribution in [1.29, 1.82) is 0 Å². The number of carbonyl (C=O) groups is 2. The second-order valence-corrected chi connectivity index (χ2v) is 7.41. The second kappa shape index (κ2) is 9.53. The van der Waals surface area contributed by atoms with Crippen molar-refractivity contribution in [2.24, 2.45) is 7.05 Å². The van der Waals surface area contributed by atoms with E-state index in [9.17, 15) is 14.0 Å². The number of anilines is 2. The molecule has 0 bridgehead atoms. The molecule has 0 atom stereocenters. The zero-order chi connectivity index (χ0) is 20.8. The molecule has 0 aliphatic carbocycles. The minimum absolute atomic E-state index is 0.00158. The molecule has 10 heteroatoms. The summed E-state index contributed by atoms with van der Waals surface area (Å²) in [6.45, 7) is 0. The van der Waals surface area contributed by atoms with Gasteiger partial charge in [-0.15, -0.1) is 10.2 Å². The molecule has 0 spiro atoms. The summed E-state index contributed by atoms with van der Waals surface area (Å²) >= 11 is 7.03. The van der Waals surface area contributed by atoms with Gasteiger partial charge in [0.15, 0.2) is 5.16 Å². The molecule has 0 saturated heterocycles. The highest BCUT2D eigenvalue weighted by Gasteiger charge is 2.14. The van der Waals surface area contributed by atoms with Crippen LogP contribution in [0, 0.1) is 5.82 Å². The molecule has 2 N–H and O–H groups in total. The van der Waals surface area contributed by atoms with E-state index in [1.165, 1.54) is 36.0 Å². The van der Waals surface area contributed by atoms with Gasteiger partial charge in [0, 0.05) is 23.4 Å². The third kappa shape index (κ3) is 6.03. The number of carbonyl (C=O) groups excluding carboxylic acids is 2. The molecule has 3 rings (SSSR count). The lowest BCUT2D eigenvalue weighted by Crippen LogP contribution is -2.17. The Kier molecular flexibility index (Phi) is 6.84. The van der Waals surface area contributed by atoms with Crippen LogP contribution in [0.2, 0.25) is 5.02 Å². The summed E-state index contributed by atoms with van der Waals surface area (Å²) in [5.41, 5.74) is 1.14. The van der Waals surface area contributed by atoms with Gasteiger partial charge in [0.05, 0.1) is 12.2 Å². The maximum Gasteiger partial charge on any atom is 0.234 e. The molecular weight excluding hydrogens is 417 g/mol. The summed E-state index contributed by atoms with van der Waals surface area (Å²) in [5, 5.41) is 14.6. The Morgan fingerprint density at radius 1 is 1.00 bits per heavy atom. The van der Waals surface area contributed by atoms with Gasteiger partial charge in [0.25, 0.3) is 0 Å². The topological polar surface area (TPSA) is 88.9 Å². The van der Waals surface area contributed by atoms with Gasteiger partial charge in [-0.3, -0.25) is 9.59 Å². The number of hydrogen-bond donors (Lipinski definition) is 2. The van der Waals surface area contributed by atoms with Crippen LogP contribution in [0.4, 0.5) is 15.8 Å². The lowest BCUT2D eigenvalue weighted by molar-refractivity contribution is -0.116. The fourth-order valence-corrected chi connectivity index (χ4v) is 3.22. The lowest BCUT2D eigenvalue weighted by atomic mass is 10.3. The predicted octanol–water partition coefficient (Wildman–Crippen LogP) is 3.52. The quantitative estimate of drug-likeness (QED) is 0.556. The van der Waals surface area contributed by atoms with Gasteiger partial charge >= 0.3 is 0 Å². The fourth-order valence-electron chi connectivity index (χ4n) is 2.37. The molecule has 1 aromatic heterocycles. The molecule has 1 heterocycles. The standard InChI is InChI=1S/C19H17ClFN5O2S/c1-26-16(10-17(27)22-15-8-4-13(21)5-9-15)24-25-19(26)29-11-18(28)23-14-6-2-12(20)3-7-14/h2-9H,10-11H2,1H3,(H,22,27)(H,23,28). The Hall–Kier alpha value is -2.91. The van der Waals surface area contributed by atoms with Crippen molar-refractivity contribution >= 4 is 46.6 Å². The van der Waals surface area contributed by atoms with Gasteiger partial charge < -0.3 is 15.2 Å². The third-order valence-electron chi connectivity index (χ3n) is 3.83. The highest BCUT2D eigenvalue weighted by molar-refractivity contribution is 7.99. The zero-order valence-electron chi connectivity index (χ0n) is 15.4. The van der Waals surface area contributed by atoms with Crippen molar-refractivity contribution in [3.63, 3.8) is 0 Å². The van der Waals surface area contributed by atoms with E-state index in [-0.39, 0.29) is 29.8 Å². The van der Waals surface area contributed by atoms with Crippen LogP contribution < -0.4 is 10.6 Å². The van der Waals surface area contributed by atoms with E-state index in [2.05, 4.69) is 20.8 Å². The number of thioether (sulfide) groups is 1. The predicted molar refractivity (Wildman–Crippen MR) is 111 cm³/mol. The van der Waals surface area contributed by atoms with Gasteiger partial charge in [-0.1, -0.05) is 23.4 Å². The van der Waals surface area contributed by atoms with Crippen LogP contribution in [-0.4, -0.2) is 32.3 Å². The van der Waals surface area contributed by atoms with E-state index in [4.69, 9.17) is 11.6 Å². The van der Waals surface area contributed by atoms with Gasteiger partial charge in [-0.25, -0.2) is 4.39 Å². The maximum absolute atomic E-state index is 12.9. The highest BCUT2D eigenvalue weighted by atomic mass is 35.5. The Morgan fingerprint density at radius 3 is 2.24 bits per heavy atom. The van der Waals surface area contributed by atoms with E-state index in [1.54, 1.807) is 35.9 Å². The molecule has 0 fully saturated rings. The van der Waals surface area contributed by atoms with Crippen LogP contribution in [0.5, 0.6) is 0 Å². The number of amides is 2. The Balaban J connectivity index is 1.51. The first-order valence-corrected chi connectivity index (χ1v) is 9.89. The van der Waals surface area contributed by atoms with E-state index in [1.807, 2.05) is 0 Å². The first-order valence-electron chi connectivity index (χ1n) is 8.52. The van der Waals surface area contributed by atoms with Crippen molar-refractivity contribution in [3.8, 4) is 0 Å². The minimum atomic E-state index is -0.377. The molecule has 0 radical (unpaired) electrons. The van der Waals surface area contributed by atoms with Gasteiger partial charge in [-0.2, -0.15) is 0 Å². The van der Waals surface area contributed by atoms with Crippen molar-refractivity contribution in [1.82, 2.24) is 14.8 Å². The average Bonchev–Trinajstić information content (AvgIpc) is 3.03. The largest absolute Gasteiger partial charge is 0.326 e. The number of hydrogen-bond acceptors (Lipinski definition) is 5. The van der Waals surface area contributed by atoms with Crippen LogP contribution in [0.1, 0.15) is 5.82 Å². The first kappa shape index (κ1) is 20.8. The third-order valence-corrected chi connectivity index (χ3v) is 5.10. The Bertz CT molecular complexity index is 1010. The number of halogens is 2. The SMILES string of the molecule is Cn1c(CC(=O)Nc2ccc(F)cc2)nnc1SCC(=O)Nc1ccc(Cl)cc1. The van der Waals surface area contributed by atoms with E-state index >= 15 is 0 Å². The summed E-state index contributed by atoms with van der Waals surface area (Å²) in [6, 6.07) is 12.3. The number of rotatable bonds is 7. The molecule has 0 aliphatic rings. The molecule has 150 valence electrons. The Morgan fingerprint density at radius 2 is 1.59 bits per heavy atom. The van der Waals surface area contributed by atoms with Crippen LogP contribution in [-0.2, 0) is 23.1 Å². The van der Waals surface area contributed by atoms with E-state index in [0.29, 0.717) is 27.4 Å². The second-order valence-electron chi connectivity index (χ2n) is 6.03. The van der Waals surface area contributed by atoms with Crippen LogP contribution in [0.3, 0.4) is 0 Å². The average molecular weight is 434 g/mol. The molecule has 29 heavy (non-hydrogen) atoms. The first-order chi connectivity index (χ1) is 13.9. The van der Waals surface area contributed by atoms with Gasteiger partial charge in [0.2, 0.25) is 11.8 Å². The number of aromatic nitrogens is 3. The van der Waals surface area contributed by atoms with Crippen molar-refractivity contribution < 1.29 is 14.0 Å². The fraction of sp³-hybridized carbons (Fsp3) is 0.158. The summed E-state index contributed by atoms with van der Waals surface area (Å²) in [7, 11) is 1.72. The van der Waals surface area contributed by atoms with E-state index < -0.39 is 0 Å². The molecule has 7 nitrogen and oxygen atoms in total. The van der Waals surface area contributed by atoms with Crippen LogP contribution in [0.25, 0.3) is 0 Å². The molecule has 2 aromatic carbocycles. The summed E-state index contributed by atoms with van der Waals surface area (Å²) < 4.78 is 14.6. The van der Waals surface area contributed by atoms with Gasteiger partial charge in [-0.05, 0) is 48.5 Å². The minimum Gasteiger partial charge on any atom is -0.326 e. The maximum atomic E-state index is 12.9. The van der Waals surface area contributed by atoms with Crippen molar-refractivity contribution in [2.75, 3.05) is 16.4 Å². The van der Waals surface area contributed by atoms with Crippen molar-refractivity contribution in [3.05, 3.63) is 65.2 Å². The number of nitrogens with zero attached hydrogens (tertiary/aromatic N) is 3. The molecule has 2 amide bonds.